The van der Waals surface area contributed by atoms with Crippen LogP contribution in [0.4, 0.5) is 0 Å². The Kier molecular flexibility index (Phi) is 5.40. The Hall–Kier alpha value is -1.10. The van der Waals surface area contributed by atoms with Gasteiger partial charge in [0.05, 0.1) is 12.7 Å². The van der Waals surface area contributed by atoms with Crippen molar-refractivity contribution in [2.24, 2.45) is 0 Å². The molecule has 1 fully saturated rings. The summed E-state index contributed by atoms with van der Waals surface area (Å²) in [4.78, 5) is 2.46. The summed E-state index contributed by atoms with van der Waals surface area (Å²) < 4.78 is 5.95. The number of morpholine rings is 1. The highest BCUT2D eigenvalue weighted by Crippen LogP contribution is 2.17. The first-order valence-electron chi connectivity index (χ1n) is 7.41. The lowest BCUT2D eigenvalue weighted by Crippen LogP contribution is -2.53. The average molecular weight is 278 g/mol. The fourth-order valence-electron chi connectivity index (χ4n) is 2.77. The Morgan fingerprint density at radius 3 is 2.90 bits per heavy atom. The van der Waals surface area contributed by atoms with Crippen molar-refractivity contribution < 1.29 is 9.84 Å². The second kappa shape index (κ2) is 7.07. The fraction of sp³-hybridized carbons (Fsp3) is 0.625. The Balaban J connectivity index is 2.00. The third-order valence-electron chi connectivity index (χ3n) is 4.04. The minimum absolute atomic E-state index is 0.193. The number of hydrogen-bond acceptors (Lipinski definition) is 4. The van der Waals surface area contributed by atoms with Crippen LogP contribution in [0.1, 0.15) is 19.4 Å². The maximum atomic E-state index is 9.56. The second-order valence-electron chi connectivity index (χ2n) is 5.77. The van der Waals surface area contributed by atoms with Crippen molar-refractivity contribution in [1.29, 1.82) is 0 Å². The number of nitrogens with one attached hydrogen (secondary N) is 1. The topological polar surface area (TPSA) is 44.7 Å². The van der Waals surface area contributed by atoms with E-state index >= 15 is 0 Å². The third-order valence-corrected chi connectivity index (χ3v) is 4.04. The van der Waals surface area contributed by atoms with Crippen molar-refractivity contribution in [2.75, 3.05) is 26.7 Å². The highest BCUT2D eigenvalue weighted by Gasteiger charge is 2.28. The first-order valence-corrected chi connectivity index (χ1v) is 7.41. The molecule has 1 aliphatic rings. The minimum Gasteiger partial charge on any atom is -0.508 e. The number of ether oxygens (including phenoxy) is 1. The zero-order valence-corrected chi connectivity index (χ0v) is 12.7. The molecule has 1 aliphatic heterocycles. The molecule has 1 saturated heterocycles. The summed E-state index contributed by atoms with van der Waals surface area (Å²) in [6, 6.07) is 8.29. The van der Waals surface area contributed by atoms with Crippen molar-refractivity contribution in [2.45, 2.75) is 38.5 Å². The zero-order valence-electron chi connectivity index (χ0n) is 12.7. The van der Waals surface area contributed by atoms with E-state index in [1.54, 1.807) is 6.07 Å². The Morgan fingerprint density at radius 1 is 1.45 bits per heavy atom. The standard InChI is InChI=1S/C16H26N2O2/c1-12(2)18-7-8-20-16(11-18)15(17-3)10-13-5-4-6-14(19)9-13/h4-6,9,12,15-17,19H,7-8,10-11H2,1-3H3. The predicted octanol–water partition coefficient (Wildman–Crippen LogP) is 1.63. The van der Waals surface area contributed by atoms with Crippen LogP contribution in [0.3, 0.4) is 0 Å². The molecule has 0 amide bonds. The van der Waals surface area contributed by atoms with Gasteiger partial charge in [-0.15, -0.1) is 0 Å². The Labute approximate surface area is 121 Å². The van der Waals surface area contributed by atoms with Crippen LogP contribution in [0.25, 0.3) is 0 Å². The predicted molar refractivity (Wildman–Crippen MR) is 81.1 cm³/mol. The van der Waals surface area contributed by atoms with Crippen molar-refractivity contribution >= 4 is 0 Å². The fourth-order valence-corrected chi connectivity index (χ4v) is 2.77. The summed E-state index contributed by atoms with van der Waals surface area (Å²) in [5.41, 5.74) is 1.13. The molecular formula is C16H26N2O2. The number of phenolic OH excluding ortho intramolecular Hbond substituents is 1. The summed E-state index contributed by atoms with van der Waals surface area (Å²) in [6.45, 7) is 7.22. The van der Waals surface area contributed by atoms with Gasteiger partial charge in [-0.2, -0.15) is 0 Å². The molecular weight excluding hydrogens is 252 g/mol. The van der Waals surface area contributed by atoms with Crippen LogP contribution in [0.15, 0.2) is 24.3 Å². The smallest absolute Gasteiger partial charge is 0.115 e. The monoisotopic (exact) mass is 278 g/mol. The van der Waals surface area contributed by atoms with Crippen LogP contribution in [-0.4, -0.2) is 54.9 Å². The number of rotatable bonds is 5. The minimum atomic E-state index is 0.193. The first-order chi connectivity index (χ1) is 9.60. The molecule has 0 aromatic heterocycles. The summed E-state index contributed by atoms with van der Waals surface area (Å²) in [5, 5.41) is 12.9. The molecule has 0 bridgehead atoms. The molecule has 0 radical (unpaired) electrons. The highest BCUT2D eigenvalue weighted by molar-refractivity contribution is 5.27. The molecule has 1 aromatic carbocycles. The van der Waals surface area contributed by atoms with Crippen LogP contribution in [-0.2, 0) is 11.2 Å². The zero-order chi connectivity index (χ0) is 14.5. The SMILES string of the molecule is CNC(Cc1cccc(O)c1)C1CN(C(C)C)CCO1. The summed E-state index contributed by atoms with van der Waals surface area (Å²) >= 11 is 0. The lowest BCUT2D eigenvalue weighted by Gasteiger charge is -2.39. The number of phenols is 1. The number of likely N-dealkylation sites (N-methyl/N-ethyl adjacent to an activating group) is 1. The first kappa shape index (κ1) is 15.3. The van der Waals surface area contributed by atoms with E-state index in [4.69, 9.17) is 4.74 Å². The molecule has 1 heterocycles. The molecule has 2 N–H and O–H groups in total. The lowest BCUT2D eigenvalue weighted by atomic mass is 9.99. The van der Waals surface area contributed by atoms with Crippen LogP contribution in [0, 0.1) is 0 Å². The normalized spacial score (nSPS) is 22.1. The van der Waals surface area contributed by atoms with E-state index < -0.39 is 0 Å². The number of hydrogen-bond donors (Lipinski definition) is 2. The molecule has 2 rings (SSSR count). The van der Waals surface area contributed by atoms with Gasteiger partial charge in [-0.25, -0.2) is 0 Å². The maximum absolute atomic E-state index is 9.56. The molecule has 4 nitrogen and oxygen atoms in total. The van der Waals surface area contributed by atoms with E-state index in [1.165, 1.54) is 0 Å². The van der Waals surface area contributed by atoms with E-state index in [-0.39, 0.29) is 12.1 Å². The number of nitrogens with zero attached hydrogens (tertiary/aromatic N) is 1. The van der Waals surface area contributed by atoms with E-state index in [1.807, 2.05) is 25.2 Å². The van der Waals surface area contributed by atoms with E-state index in [9.17, 15) is 5.11 Å². The number of benzene rings is 1. The Morgan fingerprint density at radius 2 is 2.25 bits per heavy atom. The van der Waals surface area contributed by atoms with Crippen LogP contribution >= 0.6 is 0 Å². The largest absolute Gasteiger partial charge is 0.508 e. The molecule has 0 spiro atoms. The third kappa shape index (κ3) is 3.95. The molecule has 2 atom stereocenters. The van der Waals surface area contributed by atoms with Crippen LogP contribution < -0.4 is 5.32 Å². The summed E-state index contributed by atoms with van der Waals surface area (Å²) in [6.07, 6.45) is 1.06. The Bertz CT molecular complexity index is 423. The van der Waals surface area contributed by atoms with Crippen molar-refractivity contribution in [3.8, 4) is 5.75 Å². The van der Waals surface area contributed by atoms with Crippen LogP contribution in [0.2, 0.25) is 0 Å². The second-order valence-corrected chi connectivity index (χ2v) is 5.77. The van der Waals surface area contributed by atoms with Crippen molar-refractivity contribution in [3.05, 3.63) is 29.8 Å². The van der Waals surface area contributed by atoms with Crippen LogP contribution in [0.5, 0.6) is 5.75 Å². The highest BCUT2D eigenvalue weighted by atomic mass is 16.5. The molecule has 2 unspecified atom stereocenters. The van der Waals surface area contributed by atoms with Gasteiger partial charge in [0.1, 0.15) is 5.75 Å². The average Bonchev–Trinajstić information content (AvgIpc) is 2.45. The molecule has 1 aromatic rings. The van der Waals surface area contributed by atoms with Crippen molar-refractivity contribution in [1.82, 2.24) is 10.2 Å². The van der Waals surface area contributed by atoms with Gasteiger partial charge in [-0.1, -0.05) is 12.1 Å². The molecule has 20 heavy (non-hydrogen) atoms. The van der Waals surface area contributed by atoms with E-state index in [0.29, 0.717) is 11.8 Å². The quantitative estimate of drug-likeness (QED) is 0.859. The van der Waals surface area contributed by atoms with Gasteiger partial charge in [0.25, 0.3) is 0 Å². The van der Waals surface area contributed by atoms with Gasteiger partial charge in [-0.3, -0.25) is 4.90 Å². The van der Waals surface area contributed by atoms with Gasteiger partial charge >= 0.3 is 0 Å². The van der Waals surface area contributed by atoms with E-state index in [2.05, 4.69) is 24.1 Å². The maximum Gasteiger partial charge on any atom is 0.115 e. The van der Waals surface area contributed by atoms with Gasteiger partial charge in [-0.05, 0) is 45.0 Å². The van der Waals surface area contributed by atoms with Crippen molar-refractivity contribution in [3.63, 3.8) is 0 Å². The van der Waals surface area contributed by atoms with E-state index in [0.717, 1.165) is 31.7 Å². The number of aromatic hydroxyl groups is 1. The van der Waals surface area contributed by atoms with Gasteiger partial charge in [0.15, 0.2) is 0 Å². The van der Waals surface area contributed by atoms with Gasteiger partial charge < -0.3 is 15.2 Å². The van der Waals surface area contributed by atoms with Gasteiger partial charge in [0.2, 0.25) is 0 Å². The van der Waals surface area contributed by atoms with Gasteiger partial charge in [0, 0.05) is 25.2 Å². The molecule has 0 aliphatic carbocycles. The molecule has 0 saturated carbocycles. The lowest BCUT2D eigenvalue weighted by molar-refractivity contribution is -0.0541. The molecule has 112 valence electrons. The summed E-state index contributed by atoms with van der Waals surface area (Å²) in [7, 11) is 1.98. The summed E-state index contributed by atoms with van der Waals surface area (Å²) in [5.74, 6) is 0.325. The molecule has 4 heteroatoms.